The van der Waals surface area contributed by atoms with Gasteiger partial charge >= 0.3 is 0 Å². The summed E-state index contributed by atoms with van der Waals surface area (Å²) in [7, 11) is 0. The van der Waals surface area contributed by atoms with Gasteiger partial charge in [0.25, 0.3) is 0 Å². The van der Waals surface area contributed by atoms with Crippen molar-refractivity contribution in [3.63, 3.8) is 0 Å². The minimum absolute atomic E-state index is 0.423. The van der Waals surface area contributed by atoms with Crippen molar-refractivity contribution in [1.82, 2.24) is 25.3 Å². The number of ether oxygens (including phenoxy) is 1. The third-order valence-electron chi connectivity index (χ3n) is 4.59. The van der Waals surface area contributed by atoms with Crippen LogP contribution in [0.3, 0.4) is 0 Å². The van der Waals surface area contributed by atoms with Gasteiger partial charge in [-0.3, -0.25) is 5.14 Å². The molecule has 1 aliphatic heterocycles. The summed E-state index contributed by atoms with van der Waals surface area (Å²) in [4.78, 5) is 19.8. The molecule has 2 aromatic heterocycles. The van der Waals surface area contributed by atoms with E-state index in [4.69, 9.17) is 26.5 Å². The zero-order valence-electron chi connectivity index (χ0n) is 16.8. The van der Waals surface area contributed by atoms with Gasteiger partial charge in [-0.05, 0) is 17.7 Å². The molecule has 9 nitrogen and oxygen atoms in total. The molecular formula is C20H23ClN8OS. The lowest BCUT2D eigenvalue weighted by molar-refractivity contribution is 0.458. The van der Waals surface area contributed by atoms with Gasteiger partial charge in [0.2, 0.25) is 17.8 Å². The van der Waals surface area contributed by atoms with Gasteiger partial charge in [0.1, 0.15) is 5.75 Å². The van der Waals surface area contributed by atoms with Gasteiger partial charge < -0.3 is 20.3 Å². The highest BCUT2D eigenvalue weighted by molar-refractivity contribution is 7.96. The molecule has 1 saturated heterocycles. The van der Waals surface area contributed by atoms with Gasteiger partial charge in [-0.25, -0.2) is 15.0 Å². The van der Waals surface area contributed by atoms with E-state index in [1.165, 1.54) is 11.9 Å². The number of hydrogen-bond donors (Lipinski definition) is 3. The average Bonchev–Trinajstić information content (AvgIpc) is 2.81. The molecule has 162 valence electrons. The summed E-state index contributed by atoms with van der Waals surface area (Å²) in [6.45, 7) is 3.87. The minimum atomic E-state index is 0.423. The van der Waals surface area contributed by atoms with Gasteiger partial charge in [0, 0.05) is 38.0 Å². The number of nitrogens with one attached hydrogen (secondary N) is 2. The Labute approximate surface area is 189 Å². The van der Waals surface area contributed by atoms with Crippen LogP contribution in [-0.2, 0) is 12.3 Å². The van der Waals surface area contributed by atoms with Crippen molar-refractivity contribution in [3.05, 3.63) is 59.0 Å². The van der Waals surface area contributed by atoms with Crippen molar-refractivity contribution in [2.75, 3.05) is 36.4 Å². The summed E-state index contributed by atoms with van der Waals surface area (Å²) in [5.74, 6) is 3.06. The smallest absolute Gasteiger partial charge is 0.229 e. The van der Waals surface area contributed by atoms with E-state index in [1.54, 1.807) is 12.4 Å². The van der Waals surface area contributed by atoms with Crippen LogP contribution >= 0.6 is 23.5 Å². The minimum Gasteiger partial charge on any atom is -0.439 e. The number of halogens is 1. The van der Waals surface area contributed by atoms with Crippen LogP contribution in [0.15, 0.2) is 42.7 Å². The highest BCUT2D eigenvalue weighted by Gasteiger charge is 2.16. The highest BCUT2D eigenvalue weighted by atomic mass is 35.5. The summed E-state index contributed by atoms with van der Waals surface area (Å²) in [5.41, 5.74) is 1.91. The van der Waals surface area contributed by atoms with E-state index >= 15 is 0 Å². The lowest BCUT2D eigenvalue weighted by Crippen LogP contribution is -2.44. The second kappa shape index (κ2) is 10.6. The van der Waals surface area contributed by atoms with Crippen LogP contribution in [0.5, 0.6) is 11.6 Å². The van der Waals surface area contributed by atoms with Crippen molar-refractivity contribution in [2.24, 2.45) is 5.14 Å². The Hall–Kier alpha value is -2.66. The number of aromatic nitrogens is 4. The lowest BCUT2D eigenvalue weighted by atomic mass is 10.2. The highest BCUT2D eigenvalue weighted by Crippen LogP contribution is 2.24. The molecule has 11 heteroatoms. The topological polar surface area (TPSA) is 114 Å². The fraction of sp³-hybridized carbons (Fsp3) is 0.300. The maximum absolute atomic E-state index is 6.04. The molecular weight excluding hydrogens is 436 g/mol. The molecule has 0 unspecified atom stereocenters. The van der Waals surface area contributed by atoms with E-state index < -0.39 is 0 Å². The van der Waals surface area contributed by atoms with Gasteiger partial charge in [0.05, 0.1) is 29.7 Å². The van der Waals surface area contributed by atoms with Gasteiger partial charge in [0.15, 0.2) is 0 Å². The maximum atomic E-state index is 6.04. The van der Waals surface area contributed by atoms with Crippen molar-refractivity contribution in [2.45, 2.75) is 12.3 Å². The van der Waals surface area contributed by atoms with Crippen LogP contribution < -0.4 is 25.4 Å². The Balaban J connectivity index is 1.53. The Morgan fingerprint density at radius 3 is 2.58 bits per heavy atom. The zero-order valence-corrected chi connectivity index (χ0v) is 18.4. The second-order valence-corrected chi connectivity index (χ2v) is 7.93. The largest absolute Gasteiger partial charge is 0.439 e. The van der Waals surface area contributed by atoms with Crippen molar-refractivity contribution >= 4 is 35.4 Å². The first-order chi connectivity index (χ1) is 15.2. The molecule has 3 aromatic rings. The standard InChI is InChI=1S/C20H23ClN8OS/c21-15-10-24-19(25-11-15)26-12-16-9-18(28-20(27-16)29-7-5-23-6-8-29)30-17-3-1-14(2-4-17)13-31-22/h1-4,9-11,23H,5-8,12-13,22H2,(H,24,25,26). The van der Waals surface area contributed by atoms with Crippen molar-refractivity contribution in [1.29, 1.82) is 0 Å². The molecule has 0 bridgehead atoms. The Bertz CT molecular complexity index is 983. The van der Waals surface area contributed by atoms with Gasteiger partial charge in [-0.2, -0.15) is 4.98 Å². The number of benzene rings is 1. The molecule has 0 aliphatic carbocycles. The maximum Gasteiger partial charge on any atom is 0.229 e. The first-order valence-corrected chi connectivity index (χ1v) is 11.3. The molecule has 1 fully saturated rings. The molecule has 4 N–H and O–H groups in total. The van der Waals surface area contributed by atoms with Crippen LogP contribution in [0.25, 0.3) is 0 Å². The van der Waals surface area contributed by atoms with E-state index in [9.17, 15) is 0 Å². The lowest BCUT2D eigenvalue weighted by Gasteiger charge is -2.27. The van der Waals surface area contributed by atoms with Crippen LogP contribution in [0.4, 0.5) is 11.9 Å². The molecule has 0 saturated carbocycles. The van der Waals surface area contributed by atoms with Gasteiger partial charge in [-0.1, -0.05) is 35.7 Å². The predicted octanol–water partition coefficient (Wildman–Crippen LogP) is 2.84. The summed E-state index contributed by atoms with van der Waals surface area (Å²) >= 11 is 7.14. The molecule has 0 atom stereocenters. The average molecular weight is 459 g/mol. The predicted molar refractivity (Wildman–Crippen MR) is 123 cm³/mol. The van der Waals surface area contributed by atoms with Crippen molar-refractivity contribution < 1.29 is 4.74 Å². The van der Waals surface area contributed by atoms with E-state index in [0.717, 1.165) is 43.2 Å². The molecule has 4 rings (SSSR count). The Morgan fingerprint density at radius 1 is 1.13 bits per heavy atom. The number of anilines is 2. The first kappa shape index (κ1) is 21.6. The third kappa shape index (κ3) is 6.17. The van der Waals surface area contributed by atoms with Crippen LogP contribution in [-0.4, -0.2) is 46.1 Å². The van der Waals surface area contributed by atoms with E-state index in [0.29, 0.717) is 35.1 Å². The summed E-state index contributed by atoms with van der Waals surface area (Å²) in [6.07, 6.45) is 3.09. The molecule has 0 amide bonds. The quantitative estimate of drug-likeness (QED) is 0.435. The normalized spacial score (nSPS) is 13.8. The van der Waals surface area contributed by atoms with Crippen LogP contribution in [0.1, 0.15) is 11.3 Å². The fourth-order valence-electron chi connectivity index (χ4n) is 3.05. The molecule has 31 heavy (non-hydrogen) atoms. The summed E-state index contributed by atoms with van der Waals surface area (Å²) < 4.78 is 6.04. The number of nitrogens with zero attached hydrogens (tertiary/aromatic N) is 5. The SMILES string of the molecule is NSCc1ccc(Oc2cc(CNc3ncc(Cl)cn3)nc(N3CCNCC3)n2)cc1. The Morgan fingerprint density at radius 2 is 1.87 bits per heavy atom. The van der Waals surface area contributed by atoms with Crippen LogP contribution in [0, 0.1) is 0 Å². The molecule has 1 aliphatic rings. The molecule has 3 heterocycles. The van der Waals surface area contributed by atoms with Gasteiger partial charge in [-0.15, -0.1) is 0 Å². The number of rotatable bonds is 8. The summed E-state index contributed by atoms with van der Waals surface area (Å²) in [5, 5.41) is 12.5. The second-order valence-electron chi connectivity index (χ2n) is 6.87. The monoisotopic (exact) mass is 458 g/mol. The fourth-order valence-corrected chi connectivity index (χ4v) is 3.53. The Kier molecular flexibility index (Phi) is 7.36. The zero-order chi connectivity index (χ0) is 21.5. The third-order valence-corrected chi connectivity index (χ3v) is 5.28. The van der Waals surface area contributed by atoms with E-state index in [-0.39, 0.29) is 0 Å². The number of hydrogen-bond acceptors (Lipinski definition) is 10. The molecule has 0 radical (unpaired) electrons. The summed E-state index contributed by atoms with van der Waals surface area (Å²) in [6, 6.07) is 9.63. The van der Waals surface area contributed by atoms with Crippen LogP contribution in [0.2, 0.25) is 5.02 Å². The number of nitrogens with two attached hydrogens (primary N) is 1. The van der Waals surface area contributed by atoms with E-state index in [1.807, 2.05) is 30.3 Å². The first-order valence-electron chi connectivity index (χ1n) is 9.83. The molecule has 0 spiro atoms. The number of piperazine rings is 1. The molecule has 1 aromatic carbocycles. The van der Waals surface area contributed by atoms with Crippen molar-refractivity contribution in [3.8, 4) is 11.6 Å². The van der Waals surface area contributed by atoms with E-state index in [2.05, 4.69) is 30.5 Å².